The van der Waals surface area contributed by atoms with E-state index in [1.807, 2.05) is 12.1 Å². The van der Waals surface area contributed by atoms with Crippen LogP contribution in [0.4, 0.5) is 16.2 Å². The van der Waals surface area contributed by atoms with Crippen molar-refractivity contribution in [3.63, 3.8) is 0 Å². The van der Waals surface area contributed by atoms with Gasteiger partial charge in [0.2, 0.25) is 0 Å². The first-order valence-corrected chi connectivity index (χ1v) is 6.03. The number of para-hydroxylation sites is 1. The SMILES string of the molecule is CCOC(=O)Nc1cccc2c1NC(C)CC2. The third kappa shape index (κ3) is 2.70. The van der Waals surface area contributed by atoms with Crippen LogP contribution < -0.4 is 10.6 Å². The molecule has 0 spiro atoms. The minimum Gasteiger partial charge on any atom is -0.450 e. The lowest BCUT2D eigenvalue weighted by molar-refractivity contribution is 0.168. The quantitative estimate of drug-likeness (QED) is 0.827. The highest BCUT2D eigenvalue weighted by atomic mass is 16.5. The van der Waals surface area contributed by atoms with E-state index in [2.05, 4.69) is 23.6 Å². The molecule has 1 aliphatic rings. The van der Waals surface area contributed by atoms with Crippen LogP contribution in [0.3, 0.4) is 0 Å². The Morgan fingerprint density at radius 1 is 1.59 bits per heavy atom. The maximum atomic E-state index is 11.4. The zero-order valence-corrected chi connectivity index (χ0v) is 10.2. The first kappa shape index (κ1) is 11.8. The summed E-state index contributed by atoms with van der Waals surface area (Å²) in [6.07, 6.45) is 1.76. The summed E-state index contributed by atoms with van der Waals surface area (Å²) in [6.45, 7) is 4.31. The molecule has 1 aromatic carbocycles. The van der Waals surface area contributed by atoms with Gasteiger partial charge < -0.3 is 10.1 Å². The third-order valence-corrected chi connectivity index (χ3v) is 2.90. The van der Waals surface area contributed by atoms with Crippen LogP contribution in [0.2, 0.25) is 0 Å². The van der Waals surface area contributed by atoms with Crippen molar-refractivity contribution in [2.45, 2.75) is 32.7 Å². The summed E-state index contributed by atoms with van der Waals surface area (Å²) in [7, 11) is 0. The number of carbonyl (C=O) groups excluding carboxylic acids is 1. The zero-order chi connectivity index (χ0) is 12.3. The lowest BCUT2D eigenvalue weighted by atomic mass is 9.98. The molecule has 0 aromatic heterocycles. The van der Waals surface area contributed by atoms with E-state index < -0.39 is 6.09 Å². The van der Waals surface area contributed by atoms with Crippen LogP contribution in [0.15, 0.2) is 18.2 Å². The molecule has 4 nitrogen and oxygen atoms in total. The molecule has 1 unspecified atom stereocenters. The molecular formula is C13H18N2O2. The number of ether oxygens (including phenoxy) is 1. The normalized spacial score (nSPS) is 17.9. The lowest BCUT2D eigenvalue weighted by Crippen LogP contribution is -2.24. The minimum absolute atomic E-state index is 0.380. The van der Waals surface area contributed by atoms with Crippen molar-refractivity contribution in [2.75, 3.05) is 17.2 Å². The number of hydrogen-bond donors (Lipinski definition) is 2. The summed E-state index contributed by atoms with van der Waals surface area (Å²) < 4.78 is 4.89. The molecule has 1 amide bonds. The molecule has 0 saturated heterocycles. The summed E-state index contributed by atoms with van der Waals surface area (Å²) in [5.41, 5.74) is 3.07. The smallest absolute Gasteiger partial charge is 0.411 e. The van der Waals surface area contributed by atoms with Crippen molar-refractivity contribution >= 4 is 17.5 Å². The molecule has 0 radical (unpaired) electrons. The standard InChI is InChI=1S/C13H18N2O2/c1-3-17-13(16)15-11-6-4-5-10-8-7-9(2)14-12(10)11/h4-6,9,14H,3,7-8H2,1-2H3,(H,15,16). The summed E-state index contributed by atoms with van der Waals surface area (Å²) >= 11 is 0. The molecule has 92 valence electrons. The van der Waals surface area contributed by atoms with Gasteiger partial charge in [-0.2, -0.15) is 0 Å². The number of amides is 1. The summed E-state index contributed by atoms with van der Waals surface area (Å²) in [5, 5.41) is 6.17. The van der Waals surface area contributed by atoms with Gasteiger partial charge in [-0.15, -0.1) is 0 Å². The van der Waals surface area contributed by atoms with Crippen molar-refractivity contribution in [3.8, 4) is 0 Å². The van der Waals surface area contributed by atoms with Crippen molar-refractivity contribution in [3.05, 3.63) is 23.8 Å². The Kier molecular flexibility index (Phi) is 3.52. The van der Waals surface area contributed by atoms with Crippen LogP contribution in [0.1, 0.15) is 25.8 Å². The minimum atomic E-state index is -0.402. The predicted octanol–water partition coefficient (Wildman–Crippen LogP) is 3.00. The maximum absolute atomic E-state index is 11.4. The Bertz CT molecular complexity index is 418. The van der Waals surface area contributed by atoms with Gasteiger partial charge in [0, 0.05) is 6.04 Å². The zero-order valence-electron chi connectivity index (χ0n) is 10.2. The average molecular weight is 234 g/mol. The summed E-state index contributed by atoms with van der Waals surface area (Å²) in [4.78, 5) is 11.4. The van der Waals surface area contributed by atoms with Crippen LogP contribution >= 0.6 is 0 Å². The maximum Gasteiger partial charge on any atom is 0.411 e. The molecule has 0 fully saturated rings. The monoisotopic (exact) mass is 234 g/mol. The third-order valence-electron chi connectivity index (χ3n) is 2.90. The molecule has 1 aliphatic heterocycles. The van der Waals surface area contributed by atoms with Gasteiger partial charge in [0.15, 0.2) is 0 Å². The van der Waals surface area contributed by atoms with E-state index in [0.29, 0.717) is 12.6 Å². The largest absolute Gasteiger partial charge is 0.450 e. The number of carbonyl (C=O) groups is 1. The Labute approximate surface area is 101 Å². The van der Waals surface area contributed by atoms with Gasteiger partial charge in [0.1, 0.15) is 0 Å². The van der Waals surface area contributed by atoms with Gasteiger partial charge >= 0.3 is 6.09 Å². The number of fused-ring (bicyclic) bond motifs is 1. The van der Waals surface area contributed by atoms with Crippen LogP contribution in [-0.4, -0.2) is 18.7 Å². The fourth-order valence-electron chi connectivity index (χ4n) is 2.05. The Balaban J connectivity index is 2.20. The van der Waals surface area contributed by atoms with Gasteiger partial charge in [-0.05, 0) is 38.3 Å². The lowest BCUT2D eigenvalue weighted by Gasteiger charge is -2.26. The summed E-state index contributed by atoms with van der Waals surface area (Å²) in [5.74, 6) is 0. The highest BCUT2D eigenvalue weighted by Crippen LogP contribution is 2.32. The second-order valence-corrected chi connectivity index (χ2v) is 4.27. The number of hydrogen-bond acceptors (Lipinski definition) is 3. The van der Waals surface area contributed by atoms with Gasteiger partial charge in [0.05, 0.1) is 18.0 Å². The molecule has 0 bridgehead atoms. The predicted molar refractivity (Wildman–Crippen MR) is 68.5 cm³/mol. The first-order chi connectivity index (χ1) is 8.20. The molecular weight excluding hydrogens is 216 g/mol. The molecule has 2 rings (SSSR count). The van der Waals surface area contributed by atoms with Gasteiger partial charge in [-0.25, -0.2) is 4.79 Å². The Morgan fingerprint density at radius 2 is 2.41 bits per heavy atom. The molecule has 2 N–H and O–H groups in total. The van der Waals surface area contributed by atoms with E-state index in [4.69, 9.17) is 4.74 Å². The molecule has 1 aromatic rings. The van der Waals surface area contributed by atoms with Crippen LogP contribution in [0.5, 0.6) is 0 Å². The number of benzene rings is 1. The van der Waals surface area contributed by atoms with Crippen LogP contribution in [-0.2, 0) is 11.2 Å². The van der Waals surface area contributed by atoms with E-state index in [0.717, 1.165) is 24.2 Å². The topological polar surface area (TPSA) is 50.4 Å². The van der Waals surface area contributed by atoms with E-state index in [1.165, 1.54) is 5.56 Å². The van der Waals surface area contributed by atoms with Crippen molar-refractivity contribution in [2.24, 2.45) is 0 Å². The molecule has 4 heteroatoms. The molecule has 1 atom stereocenters. The van der Waals surface area contributed by atoms with E-state index in [9.17, 15) is 4.79 Å². The second kappa shape index (κ2) is 5.08. The highest BCUT2D eigenvalue weighted by Gasteiger charge is 2.17. The highest BCUT2D eigenvalue weighted by molar-refractivity contribution is 5.90. The number of anilines is 2. The molecule has 1 heterocycles. The van der Waals surface area contributed by atoms with Crippen LogP contribution in [0, 0.1) is 0 Å². The van der Waals surface area contributed by atoms with E-state index in [1.54, 1.807) is 6.92 Å². The molecule has 0 aliphatic carbocycles. The second-order valence-electron chi connectivity index (χ2n) is 4.27. The number of rotatable bonds is 2. The van der Waals surface area contributed by atoms with Gasteiger partial charge in [-0.3, -0.25) is 5.32 Å². The average Bonchev–Trinajstić information content (AvgIpc) is 2.30. The van der Waals surface area contributed by atoms with Crippen molar-refractivity contribution < 1.29 is 9.53 Å². The van der Waals surface area contributed by atoms with E-state index in [-0.39, 0.29) is 0 Å². The first-order valence-electron chi connectivity index (χ1n) is 6.03. The summed E-state index contributed by atoms with van der Waals surface area (Å²) in [6, 6.07) is 6.37. The van der Waals surface area contributed by atoms with Crippen molar-refractivity contribution in [1.82, 2.24) is 0 Å². The van der Waals surface area contributed by atoms with Crippen LogP contribution in [0.25, 0.3) is 0 Å². The van der Waals surface area contributed by atoms with Gasteiger partial charge in [-0.1, -0.05) is 12.1 Å². The van der Waals surface area contributed by atoms with Gasteiger partial charge in [0.25, 0.3) is 0 Å². The van der Waals surface area contributed by atoms with Crippen molar-refractivity contribution in [1.29, 1.82) is 0 Å². The Morgan fingerprint density at radius 3 is 3.18 bits per heavy atom. The Hall–Kier alpha value is -1.71. The fraction of sp³-hybridized carbons (Fsp3) is 0.462. The number of nitrogens with one attached hydrogen (secondary N) is 2. The fourth-order valence-corrected chi connectivity index (χ4v) is 2.05. The molecule has 17 heavy (non-hydrogen) atoms. The van der Waals surface area contributed by atoms with E-state index >= 15 is 0 Å². The molecule has 0 saturated carbocycles. The number of aryl methyl sites for hydroxylation is 1.